The van der Waals surface area contributed by atoms with E-state index in [1.807, 2.05) is 0 Å². The first-order valence-corrected chi connectivity index (χ1v) is 6.09. The predicted octanol–water partition coefficient (Wildman–Crippen LogP) is -0.253. The molecule has 0 saturated carbocycles. The van der Waals surface area contributed by atoms with Crippen LogP contribution < -0.4 is 10.6 Å². The van der Waals surface area contributed by atoms with E-state index in [4.69, 9.17) is 10.2 Å². The summed E-state index contributed by atoms with van der Waals surface area (Å²) in [5.41, 5.74) is 1.90. The van der Waals surface area contributed by atoms with E-state index in [0.717, 1.165) is 5.56 Å². The van der Waals surface area contributed by atoms with Gasteiger partial charge >= 0.3 is 5.97 Å². The van der Waals surface area contributed by atoms with Crippen LogP contribution >= 0.6 is 0 Å². The van der Waals surface area contributed by atoms with Gasteiger partial charge in [-0.15, -0.1) is 0 Å². The van der Waals surface area contributed by atoms with Crippen LogP contribution in [-0.2, 0) is 16.0 Å². The molecule has 106 valence electrons. The lowest BCUT2D eigenvalue weighted by molar-refractivity contribution is -0.146. The molecule has 0 bridgehead atoms. The smallest absolute Gasteiger partial charge is 0.334 e. The molecule has 1 aliphatic heterocycles. The molecule has 1 aromatic carbocycles. The maximum absolute atomic E-state index is 11.8. The van der Waals surface area contributed by atoms with Gasteiger partial charge in [0.05, 0.1) is 6.54 Å². The normalized spacial score (nSPS) is 14.9. The molecule has 4 N–H and O–H groups in total. The number of aliphatic hydroxyl groups excluding tert-OH is 1. The predicted molar refractivity (Wildman–Crippen MR) is 69.4 cm³/mol. The fourth-order valence-electron chi connectivity index (χ4n) is 1.90. The van der Waals surface area contributed by atoms with Crippen LogP contribution in [-0.4, -0.2) is 40.6 Å². The summed E-state index contributed by atoms with van der Waals surface area (Å²) in [6.07, 6.45) is -0.702. The minimum atomic E-state index is -1.63. The molecular weight excluding hydrogens is 264 g/mol. The van der Waals surface area contributed by atoms with Gasteiger partial charge in [0.15, 0.2) is 6.10 Å². The van der Waals surface area contributed by atoms with Gasteiger partial charge in [0.25, 0.3) is 5.91 Å². The number of benzene rings is 1. The maximum Gasteiger partial charge on any atom is 0.334 e. The average Bonchev–Trinajstić information content (AvgIpc) is 2.43. The zero-order chi connectivity index (χ0) is 14.7. The van der Waals surface area contributed by atoms with Crippen LogP contribution in [0.4, 0.5) is 5.69 Å². The van der Waals surface area contributed by atoms with E-state index in [1.54, 1.807) is 12.1 Å². The molecule has 1 aromatic rings. The molecule has 0 spiro atoms. The molecular formula is C13H14N2O5. The first-order valence-electron chi connectivity index (χ1n) is 6.09. The SMILES string of the molecule is O=C1CCc2cc(C(=O)NC[C@H](O)C(=O)O)ccc2N1. The van der Waals surface area contributed by atoms with E-state index in [0.29, 0.717) is 24.1 Å². The van der Waals surface area contributed by atoms with Crippen LogP contribution in [0, 0.1) is 0 Å². The highest BCUT2D eigenvalue weighted by molar-refractivity contribution is 5.98. The average molecular weight is 278 g/mol. The number of anilines is 1. The van der Waals surface area contributed by atoms with Gasteiger partial charge in [-0.2, -0.15) is 0 Å². The molecule has 0 radical (unpaired) electrons. The summed E-state index contributed by atoms with van der Waals surface area (Å²) in [6, 6.07) is 4.82. The Hall–Kier alpha value is -2.41. The Labute approximate surface area is 114 Å². The third kappa shape index (κ3) is 3.12. The minimum Gasteiger partial charge on any atom is -0.479 e. The van der Waals surface area contributed by atoms with Crippen molar-refractivity contribution in [3.8, 4) is 0 Å². The van der Waals surface area contributed by atoms with Crippen molar-refractivity contribution in [3.05, 3.63) is 29.3 Å². The first-order chi connectivity index (χ1) is 9.47. The summed E-state index contributed by atoms with van der Waals surface area (Å²) in [6.45, 7) is -0.359. The summed E-state index contributed by atoms with van der Waals surface area (Å²) in [5.74, 6) is -1.91. The highest BCUT2D eigenvalue weighted by atomic mass is 16.4. The van der Waals surface area contributed by atoms with Gasteiger partial charge in [-0.1, -0.05) is 0 Å². The molecule has 2 rings (SSSR count). The van der Waals surface area contributed by atoms with Crippen LogP contribution in [0.1, 0.15) is 22.3 Å². The van der Waals surface area contributed by atoms with Crippen molar-refractivity contribution >= 4 is 23.5 Å². The Morgan fingerprint density at radius 3 is 2.80 bits per heavy atom. The standard InChI is InChI=1S/C13H14N2O5/c16-10(13(19)20)6-14-12(18)8-1-3-9-7(5-8)2-4-11(17)15-9/h1,3,5,10,16H,2,4,6H2,(H,14,18)(H,15,17)(H,19,20)/t10-/m0/s1. The Kier molecular flexibility index (Phi) is 3.99. The van der Waals surface area contributed by atoms with Crippen LogP contribution in [0.25, 0.3) is 0 Å². The van der Waals surface area contributed by atoms with Crippen LogP contribution in [0.5, 0.6) is 0 Å². The number of carboxylic acids is 1. The summed E-state index contributed by atoms with van der Waals surface area (Å²) >= 11 is 0. The van der Waals surface area contributed by atoms with Crippen molar-refractivity contribution in [3.63, 3.8) is 0 Å². The minimum absolute atomic E-state index is 0.0562. The van der Waals surface area contributed by atoms with Gasteiger partial charge in [-0.25, -0.2) is 4.79 Å². The van der Waals surface area contributed by atoms with Gasteiger partial charge in [0.1, 0.15) is 0 Å². The highest BCUT2D eigenvalue weighted by Crippen LogP contribution is 2.23. The molecule has 0 unspecified atom stereocenters. The number of rotatable bonds is 4. The van der Waals surface area contributed by atoms with Crippen LogP contribution in [0.2, 0.25) is 0 Å². The molecule has 0 saturated heterocycles. The Morgan fingerprint density at radius 1 is 1.35 bits per heavy atom. The molecule has 1 aliphatic rings. The van der Waals surface area contributed by atoms with E-state index in [1.165, 1.54) is 6.07 Å². The number of aliphatic hydroxyl groups is 1. The summed E-state index contributed by atoms with van der Waals surface area (Å²) < 4.78 is 0. The van der Waals surface area contributed by atoms with Crippen molar-refractivity contribution in [1.82, 2.24) is 5.32 Å². The summed E-state index contributed by atoms with van der Waals surface area (Å²) in [4.78, 5) is 33.5. The second kappa shape index (κ2) is 5.70. The van der Waals surface area contributed by atoms with Gasteiger partial charge in [-0.3, -0.25) is 9.59 Å². The topological polar surface area (TPSA) is 116 Å². The summed E-state index contributed by atoms with van der Waals surface area (Å²) in [5, 5.41) is 22.6. The number of fused-ring (bicyclic) bond motifs is 1. The monoisotopic (exact) mass is 278 g/mol. The molecule has 0 aliphatic carbocycles. The third-order valence-electron chi connectivity index (χ3n) is 3.00. The molecule has 0 fully saturated rings. The van der Waals surface area contributed by atoms with Crippen molar-refractivity contribution in [2.75, 3.05) is 11.9 Å². The number of aryl methyl sites for hydroxylation is 1. The lowest BCUT2D eigenvalue weighted by Gasteiger charge is -2.17. The fourth-order valence-corrected chi connectivity index (χ4v) is 1.90. The van der Waals surface area contributed by atoms with Crippen LogP contribution in [0.3, 0.4) is 0 Å². The Bertz CT molecular complexity index is 570. The van der Waals surface area contributed by atoms with E-state index < -0.39 is 18.0 Å². The molecule has 0 aromatic heterocycles. The van der Waals surface area contributed by atoms with Gasteiger partial charge in [-0.05, 0) is 30.2 Å². The van der Waals surface area contributed by atoms with E-state index in [2.05, 4.69) is 10.6 Å². The second-order valence-electron chi connectivity index (χ2n) is 4.48. The largest absolute Gasteiger partial charge is 0.479 e. The number of hydrogen-bond acceptors (Lipinski definition) is 4. The number of nitrogens with one attached hydrogen (secondary N) is 2. The zero-order valence-corrected chi connectivity index (χ0v) is 10.5. The molecule has 1 heterocycles. The van der Waals surface area contributed by atoms with E-state index in [9.17, 15) is 14.4 Å². The van der Waals surface area contributed by atoms with Crippen molar-refractivity contribution < 1.29 is 24.6 Å². The summed E-state index contributed by atoms with van der Waals surface area (Å²) in [7, 11) is 0. The fraction of sp³-hybridized carbons (Fsp3) is 0.308. The number of hydrogen-bond donors (Lipinski definition) is 4. The second-order valence-corrected chi connectivity index (χ2v) is 4.48. The third-order valence-corrected chi connectivity index (χ3v) is 3.00. The number of carboxylic acid groups (broad SMARTS) is 1. The number of carbonyl (C=O) groups is 3. The van der Waals surface area contributed by atoms with Gasteiger partial charge in [0, 0.05) is 17.7 Å². The molecule has 1 atom stereocenters. The Balaban J connectivity index is 2.04. The van der Waals surface area contributed by atoms with E-state index in [-0.39, 0.29) is 12.5 Å². The number of amides is 2. The van der Waals surface area contributed by atoms with Crippen LogP contribution in [0.15, 0.2) is 18.2 Å². The lowest BCUT2D eigenvalue weighted by Crippen LogP contribution is -2.36. The first kappa shape index (κ1) is 14.0. The zero-order valence-electron chi connectivity index (χ0n) is 10.5. The molecule has 7 nitrogen and oxygen atoms in total. The maximum atomic E-state index is 11.8. The molecule has 20 heavy (non-hydrogen) atoms. The lowest BCUT2D eigenvalue weighted by atomic mass is 10.00. The number of aliphatic carboxylic acids is 1. The molecule has 2 amide bonds. The van der Waals surface area contributed by atoms with Gasteiger partial charge in [0.2, 0.25) is 5.91 Å². The quantitative estimate of drug-likeness (QED) is 0.606. The van der Waals surface area contributed by atoms with E-state index >= 15 is 0 Å². The number of carbonyl (C=O) groups excluding carboxylic acids is 2. The highest BCUT2D eigenvalue weighted by Gasteiger charge is 2.18. The van der Waals surface area contributed by atoms with Gasteiger partial charge < -0.3 is 20.8 Å². The molecule has 7 heteroatoms. The van der Waals surface area contributed by atoms with Crippen molar-refractivity contribution in [2.45, 2.75) is 18.9 Å². The Morgan fingerprint density at radius 2 is 2.10 bits per heavy atom. The van der Waals surface area contributed by atoms with Crippen molar-refractivity contribution in [1.29, 1.82) is 0 Å². The van der Waals surface area contributed by atoms with Crippen molar-refractivity contribution in [2.24, 2.45) is 0 Å².